The third kappa shape index (κ3) is 5.40. The van der Waals surface area contributed by atoms with E-state index in [4.69, 9.17) is 5.73 Å². The van der Waals surface area contributed by atoms with Gasteiger partial charge in [-0.05, 0) is 25.1 Å². The predicted molar refractivity (Wildman–Crippen MR) is 81.4 cm³/mol. The lowest BCUT2D eigenvalue weighted by atomic mass is 9.95. The van der Waals surface area contributed by atoms with Crippen molar-refractivity contribution in [3.8, 4) is 0 Å². The van der Waals surface area contributed by atoms with Crippen LogP contribution in [0.4, 0.5) is 11.4 Å². The summed E-state index contributed by atoms with van der Waals surface area (Å²) in [5.41, 5.74) is 6.41. The molecule has 20 heavy (non-hydrogen) atoms. The van der Waals surface area contributed by atoms with E-state index in [1.807, 2.05) is 20.8 Å². The van der Waals surface area contributed by atoms with Crippen LogP contribution in [0.5, 0.6) is 0 Å². The number of nitrogens with one attached hydrogen (secondary N) is 2. The summed E-state index contributed by atoms with van der Waals surface area (Å²) < 4.78 is 0. The van der Waals surface area contributed by atoms with Gasteiger partial charge in [-0.2, -0.15) is 0 Å². The van der Waals surface area contributed by atoms with Gasteiger partial charge in [-0.15, -0.1) is 0 Å². The van der Waals surface area contributed by atoms with Crippen LogP contribution in [-0.2, 0) is 9.59 Å². The highest BCUT2D eigenvalue weighted by Gasteiger charge is 2.21. The van der Waals surface area contributed by atoms with E-state index in [2.05, 4.69) is 10.6 Å². The van der Waals surface area contributed by atoms with Crippen LogP contribution < -0.4 is 16.4 Å². The Morgan fingerprint density at radius 1 is 1.20 bits per heavy atom. The number of carbonyl (C=O) groups excluding carboxylic acids is 2. The Balaban J connectivity index is 2.71. The molecule has 1 atom stereocenters. The van der Waals surface area contributed by atoms with Gasteiger partial charge in [-0.3, -0.25) is 9.59 Å². The average Bonchev–Trinajstić information content (AvgIpc) is 2.26. The Morgan fingerprint density at radius 2 is 1.75 bits per heavy atom. The van der Waals surface area contributed by atoms with E-state index >= 15 is 0 Å². The summed E-state index contributed by atoms with van der Waals surface area (Å²) >= 11 is 0. The van der Waals surface area contributed by atoms with Crippen molar-refractivity contribution in [2.24, 2.45) is 11.1 Å². The van der Waals surface area contributed by atoms with E-state index in [-0.39, 0.29) is 24.3 Å². The molecule has 0 heterocycles. The zero-order chi connectivity index (χ0) is 15.3. The number of hydrogen-bond acceptors (Lipinski definition) is 3. The fourth-order valence-corrected chi connectivity index (χ4v) is 1.50. The SMILES string of the molecule is CC(N)CC(=O)Nc1cccc(NC(=O)C(C)(C)C)c1. The number of anilines is 2. The molecule has 0 radical (unpaired) electrons. The minimum atomic E-state index is -0.464. The van der Waals surface area contributed by atoms with Crippen LogP contribution in [0.2, 0.25) is 0 Å². The molecule has 0 fully saturated rings. The molecule has 1 aromatic carbocycles. The highest BCUT2D eigenvalue weighted by molar-refractivity contribution is 5.96. The van der Waals surface area contributed by atoms with Gasteiger partial charge < -0.3 is 16.4 Å². The Bertz CT molecular complexity index is 490. The first-order chi connectivity index (χ1) is 9.18. The second kappa shape index (κ2) is 6.52. The number of amides is 2. The van der Waals surface area contributed by atoms with E-state index < -0.39 is 5.41 Å². The second-order valence-corrected chi connectivity index (χ2v) is 6.01. The van der Waals surface area contributed by atoms with Crippen molar-refractivity contribution in [1.29, 1.82) is 0 Å². The van der Waals surface area contributed by atoms with Gasteiger partial charge in [-0.1, -0.05) is 26.8 Å². The van der Waals surface area contributed by atoms with Gasteiger partial charge in [0.15, 0.2) is 0 Å². The third-order valence-corrected chi connectivity index (χ3v) is 2.59. The quantitative estimate of drug-likeness (QED) is 0.789. The molecule has 1 unspecified atom stereocenters. The standard InChI is InChI=1S/C15H23N3O2/c1-10(16)8-13(19)17-11-6-5-7-12(9-11)18-14(20)15(2,3)4/h5-7,9-10H,8,16H2,1-4H3,(H,17,19)(H,18,20). The minimum Gasteiger partial charge on any atom is -0.327 e. The molecule has 0 aromatic heterocycles. The zero-order valence-electron chi connectivity index (χ0n) is 12.5. The molecule has 0 saturated carbocycles. The fourth-order valence-electron chi connectivity index (χ4n) is 1.50. The molecule has 0 saturated heterocycles. The highest BCUT2D eigenvalue weighted by Crippen LogP contribution is 2.20. The molecule has 0 aliphatic rings. The number of carbonyl (C=O) groups is 2. The van der Waals surface area contributed by atoms with Gasteiger partial charge in [0.05, 0.1) is 0 Å². The van der Waals surface area contributed by atoms with Crippen LogP contribution in [0.3, 0.4) is 0 Å². The summed E-state index contributed by atoms with van der Waals surface area (Å²) in [4.78, 5) is 23.5. The molecular formula is C15H23N3O2. The normalized spacial score (nSPS) is 12.7. The second-order valence-electron chi connectivity index (χ2n) is 6.01. The Kier molecular flexibility index (Phi) is 5.27. The maximum Gasteiger partial charge on any atom is 0.229 e. The van der Waals surface area contributed by atoms with Crippen molar-refractivity contribution >= 4 is 23.2 Å². The summed E-state index contributed by atoms with van der Waals surface area (Å²) in [5.74, 6) is -0.212. The first-order valence-corrected chi connectivity index (χ1v) is 6.65. The Hall–Kier alpha value is -1.88. The van der Waals surface area contributed by atoms with E-state index in [0.29, 0.717) is 11.4 Å². The maximum absolute atomic E-state index is 11.9. The lowest BCUT2D eigenvalue weighted by molar-refractivity contribution is -0.123. The number of nitrogens with two attached hydrogens (primary N) is 1. The van der Waals surface area contributed by atoms with Crippen molar-refractivity contribution in [3.05, 3.63) is 24.3 Å². The van der Waals surface area contributed by atoms with Crippen molar-refractivity contribution in [2.45, 2.75) is 40.2 Å². The van der Waals surface area contributed by atoms with Gasteiger partial charge in [-0.25, -0.2) is 0 Å². The first-order valence-electron chi connectivity index (χ1n) is 6.65. The van der Waals surface area contributed by atoms with Crippen LogP contribution in [0.15, 0.2) is 24.3 Å². The monoisotopic (exact) mass is 277 g/mol. The molecular weight excluding hydrogens is 254 g/mol. The molecule has 1 aromatic rings. The van der Waals surface area contributed by atoms with Crippen molar-refractivity contribution in [2.75, 3.05) is 10.6 Å². The van der Waals surface area contributed by atoms with Crippen LogP contribution in [0.1, 0.15) is 34.1 Å². The average molecular weight is 277 g/mol. The third-order valence-electron chi connectivity index (χ3n) is 2.59. The predicted octanol–water partition coefficient (Wildman–Crippen LogP) is 2.35. The molecule has 0 spiro atoms. The summed E-state index contributed by atoms with van der Waals surface area (Å²) in [6, 6.07) is 6.87. The molecule has 110 valence electrons. The zero-order valence-corrected chi connectivity index (χ0v) is 12.5. The van der Waals surface area contributed by atoms with Crippen LogP contribution in [-0.4, -0.2) is 17.9 Å². The molecule has 5 nitrogen and oxygen atoms in total. The summed E-state index contributed by atoms with van der Waals surface area (Å²) in [7, 11) is 0. The van der Waals surface area contributed by atoms with Gasteiger partial charge in [0.2, 0.25) is 11.8 Å². The fraction of sp³-hybridized carbons (Fsp3) is 0.467. The molecule has 0 aliphatic heterocycles. The van der Waals surface area contributed by atoms with Crippen molar-refractivity contribution in [1.82, 2.24) is 0 Å². The van der Waals surface area contributed by atoms with Crippen LogP contribution >= 0.6 is 0 Å². The Labute approximate surface area is 119 Å². The molecule has 0 aliphatic carbocycles. The number of rotatable bonds is 4. The molecule has 1 rings (SSSR count). The van der Waals surface area contributed by atoms with E-state index in [0.717, 1.165) is 0 Å². The topological polar surface area (TPSA) is 84.2 Å². The minimum absolute atomic E-state index is 0.0726. The molecule has 2 amide bonds. The van der Waals surface area contributed by atoms with E-state index in [1.165, 1.54) is 0 Å². The lowest BCUT2D eigenvalue weighted by Gasteiger charge is -2.18. The van der Waals surface area contributed by atoms with Crippen molar-refractivity contribution in [3.63, 3.8) is 0 Å². The highest BCUT2D eigenvalue weighted by atomic mass is 16.2. The van der Waals surface area contributed by atoms with Gasteiger partial charge in [0, 0.05) is 29.3 Å². The van der Waals surface area contributed by atoms with E-state index in [1.54, 1.807) is 31.2 Å². The summed E-state index contributed by atoms with van der Waals surface area (Å²) in [6.45, 7) is 7.31. The van der Waals surface area contributed by atoms with Crippen LogP contribution in [0.25, 0.3) is 0 Å². The van der Waals surface area contributed by atoms with Crippen LogP contribution in [0, 0.1) is 5.41 Å². The number of benzene rings is 1. The number of hydrogen-bond donors (Lipinski definition) is 3. The van der Waals surface area contributed by atoms with Gasteiger partial charge in [0.1, 0.15) is 0 Å². The summed E-state index contributed by atoms with van der Waals surface area (Å²) in [5, 5.41) is 5.58. The summed E-state index contributed by atoms with van der Waals surface area (Å²) in [6.07, 6.45) is 0.262. The van der Waals surface area contributed by atoms with Crippen molar-refractivity contribution < 1.29 is 9.59 Å². The van der Waals surface area contributed by atoms with E-state index in [9.17, 15) is 9.59 Å². The Morgan fingerprint density at radius 3 is 2.25 bits per heavy atom. The maximum atomic E-state index is 11.9. The van der Waals surface area contributed by atoms with Gasteiger partial charge in [0.25, 0.3) is 0 Å². The first kappa shape index (κ1) is 16.2. The largest absolute Gasteiger partial charge is 0.327 e. The van der Waals surface area contributed by atoms with Gasteiger partial charge >= 0.3 is 0 Å². The lowest BCUT2D eigenvalue weighted by Crippen LogP contribution is -2.27. The molecule has 4 N–H and O–H groups in total. The smallest absolute Gasteiger partial charge is 0.229 e. The molecule has 0 bridgehead atoms. The molecule has 5 heteroatoms.